The topological polar surface area (TPSA) is 74.0 Å². The van der Waals surface area contributed by atoms with Crippen molar-refractivity contribution in [2.75, 3.05) is 26.2 Å². The van der Waals surface area contributed by atoms with Crippen molar-refractivity contribution < 1.29 is 19.1 Å². The highest BCUT2D eigenvalue weighted by molar-refractivity contribution is 6.46. The number of carbonyl (C=O) groups is 2. The minimum Gasteiger partial charge on any atom is -0.507 e. The molecule has 0 bridgehead atoms. The molecule has 0 spiro atoms. The lowest BCUT2D eigenvalue weighted by Gasteiger charge is -2.25. The number of benzene rings is 1. The predicted molar refractivity (Wildman–Crippen MR) is 111 cm³/mol. The highest BCUT2D eigenvalue weighted by Crippen LogP contribution is 2.40. The van der Waals surface area contributed by atoms with Crippen molar-refractivity contribution in [3.05, 3.63) is 65.1 Å². The molecule has 1 fully saturated rings. The first-order chi connectivity index (χ1) is 14.0. The summed E-state index contributed by atoms with van der Waals surface area (Å²) in [7, 11) is 0. The van der Waals surface area contributed by atoms with Crippen LogP contribution in [-0.4, -0.2) is 52.8 Å². The number of hydrogen-bond acceptors (Lipinski definition) is 5. The van der Waals surface area contributed by atoms with E-state index in [9.17, 15) is 14.7 Å². The SMILES string of the molecule is CCN(CC)CCCN1C(=O)C(=O)C(=C(O)c2ccccc2)C1c1ccc(C)o1. The fraction of sp³-hybridized carbons (Fsp3) is 0.391. The molecular weight excluding hydrogens is 368 g/mol. The molecule has 1 unspecified atom stereocenters. The van der Waals surface area contributed by atoms with E-state index in [-0.39, 0.29) is 11.3 Å². The fourth-order valence-electron chi connectivity index (χ4n) is 3.76. The number of amides is 1. The Bertz CT molecular complexity index is 897. The van der Waals surface area contributed by atoms with Gasteiger partial charge in [-0.25, -0.2) is 0 Å². The van der Waals surface area contributed by atoms with Crippen LogP contribution in [0.2, 0.25) is 0 Å². The number of likely N-dealkylation sites (tertiary alicyclic amines) is 1. The number of nitrogens with zero attached hydrogens (tertiary/aromatic N) is 2. The van der Waals surface area contributed by atoms with Crippen LogP contribution < -0.4 is 0 Å². The zero-order chi connectivity index (χ0) is 21.0. The monoisotopic (exact) mass is 396 g/mol. The molecule has 1 saturated heterocycles. The molecule has 1 aliphatic heterocycles. The minimum absolute atomic E-state index is 0.0818. The van der Waals surface area contributed by atoms with E-state index in [2.05, 4.69) is 18.7 Å². The van der Waals surface area contributed by atoms with E-state index < -0.39 is 17.7 Å². The largest absolute Gasteiger partial charge is 0.507 e. The van der Waals surface area contributed by atoms with Gasteiger partial charge in [0.1, 0.15) is 23.3 Å². The van der Waals surface area contributed by atoms with Gasteiger partial charge in [-0.05, 0) is 45.1 Å². The van der Waals surface area contributed by atoms with Crippen molar-refractivity contribution in [2.24, 2.45) is 0 Å². The van der Waals surface area contributed by atoms with Gasteiger partial charge in [0.15, 0.2) is 0 Å². The molecule has 1 N–H and O–H groups in total. The van der Waals surface area contributed by atoms with E-state index in [4.69, 9.17) is 4.42 Å². The van der Waals surface area contributed by atoms with Crippen LogP contribution in [0.3, 0.4) is 0 Å². The van der Waals surface area contributed by atoms with Crippen molar-refractivity contribution in [1.29, 1.82) is 0 Å². The number of ketones is 1. The molecule has 1 amide bonds. The van der Waals surface area contributed by atoms with E-state index in [1.165, 1.54) is 4.90 Å². The van der Waals surface area contributed by atoms with E-state index in [0.29, 0.717) is 23.6 Å². The molecule has 3 rings (SSSR count). The number of furan rings is 1. The van der Waals surface area contributed by atoms with E-state index in [0.717, 1.165) is 26.1 Å². The van der Waals surface area contributed by atoms with E-state index >= 15 is 0 Å². The first-order valence-corrected chi connectivity index (χ1v) is 10.1. The van der Waals surface area contributed by atoms with Gasteiger partial charge in [-0.1, -0.05) is 44.2 Å². The van der Waals surface area contributed by atoms with Gasteiger partial charge in [0.05, 0.1) is 5.57 Å². The molecule has 1 atom stereocenters. The van der Waals surface area contributed by atoms with E-state index in [1.807, 2.05) is 13.0 Å². The van der Waals surface area contributed by atoms with Crippen LogP contribution in [0.4, 0.5) is 0 Å². The van der Waals surface area contributed by atoms with Crippen molar-refractivity contribution in [2.45, 2.75) is 33.2 Å². The summed E-state index contributed by atoms with van der Waals surface area (Å²) in [5.74, 6) is -0.265. The molecule has 154 valence electrons. The van der Waals surface area contributed by atoms with Crippen LogP contribution in [0.25, 0.3) is 5.76 Å². The smallest absolute Gasteiger partial charge is 0.295 e. The lowest BCUT2D eigenvalue weighted by molar-refractivity contribution is -0.140. The molecule has 2 heterocycles. The molecule has 2 aromatic rings. The number of aliphatic hydroxyl groups excluding tert-OH is 1. The Hall–Kier alpha value is -2.86. The van der Waals surface area contributed by atoms with Crippen LogP contribution in [-0.2, 0) is 9.59 Å². The molecule has 0 saturated carbocycles. The van der Waals surface area contributed by atoms with Crippen molar-refractivity contribution >= 4 is 17.4 Å². The third-order valence-corrected chi connectivity index (χ3v) is 5.39. The van der Waals surface area contributed by atoms with Gasteiger partial charge in [0.25, 0.3) is 11.7 Å². The standard InChI is InChI=1S/C23H28N2O4/c1-4-24(5-2)14-9-15-25-20(18-13-12-16(3)29-18)19(22(27)23(25)28)21(26)17-10-7-6-8-11-17/h6-8,10-13,20,26H,4-5,9,14-15H2,1-3H3. The quantitative estimate of drug-likeness (QED) is 0.418. The van der Waals surface area contributed by atoms with Crippen LogP contribution in [0, 0.1) is 6.92 Å². The minimum atomic E-state index is -0.722. The summed E-state index contributed by atoms with van der Waals surface area (Å²) < 4.78 is 5.78. The van der Waals surface area contributed by atoms with Gasteiger partial charge in [-0.2, -0.15) is 0 Å². The molecule has 1 aliphatic rings. The second kappa shape index (κ2) is 9.09. The van der Waals surface area contributed by atoms with Gasteiger partial charge in [-0.3, -0.25) is 9.59 Å². The highest BCUT2D eigenvalue weighted by Gasteiger charge is 2.47. The summed E-state index contributed by atoms with van der Waals surface area (Å²) in [5.41, 5.74) is 0.584. The first kappa shape index (κ1) is 20.9. The summed E-state index contributed by atoms with van der Waals surface area (Å²) >= 11 is 0. The summed E-state index contributed by atoms with van der Waals surface area (Å²) in [6.45, 7) is 9.12. The Morgan fingerprint density at radius 2 is 1.79 bits per heavy atom. The lowest BCUT2D eigenvalue weighted by atomic mass is 9.99. The second-order valence-electron chi connectivity index (χ2n) is 7.19. The molecule has 6 nitrogen and oxygen atoms in total. The Labute approximate surface area is 171 Å². The summed E-state index contributed by atoms with van der Waals surface area (Å²) in [6, 6.07) is 11.7. The Balaban J connectivity index is 1.97. The maximum absolute atomic E-state index is 12.9. The molecular formula is C23H28N2O4. The number of Topliss-reactive ketones (excluding diaryl/α,β-unsaturated/α-hetero) is 1. The maximum atomic E-state index is 12.9. The summed E-state index contributed by atoms with van der Waals surface area (Å²) in [5, 5.41) is 10.9. The number of aryl methyl sites for hydroxylation is 1. The third-order valence-electron chi connectivity index (χ3n) is 5.39. The van der Waals surface area contributed by atoms with Gasteiger partial charge in [0.2, 0.25) is 0 Å². The van der Waals surface area contributed by atoms with Gasteiger partial charge >= 0.3 is 0 Å². The molecule has 0 radical (unpaired) electrons. The zero-order valence-electron chi connectivity index (χ0n) is 17.2. The predicted octanol–water partition coefficient (Wildman–Crippen LogP) is 3.74. The highest BCUT2D eigenvalue weighted by atomic mass is 16.3. The normalized spacial score (nSPS) is 18.8. The van der Waals surface area contributed by atoms with Crippen LogP contribution in [0.5, 0.6) is 0 Å². The third kappa shape index (κ3) is 4.27. The van der Waals surface area contributed by atoms with Crippen molar-refractivity contribution in [1.82, 2.24) is 9.80 Å². The number of aliphatic hydroxyl groups is 1. The average Bonchev–Trinajstić information content (AvgIpc) is 3.27. The Kier molecular flexibility index (Phi) is 6.54. The number of rotatable bonds is 8. The molecule has 1 aromatic carbocycles. The zero-order valence-corrected chi connectivity index (χ0v) is 17.2. The van der Waals surface area contributed by atoms with Gasteiger partial charge < -0.3 is 19.3 Å². The number of hydrogen-bond donors (Lipinski definition) is 1. The fourth-order valence-corrected chi connectivity index (χ4v) is 3.76. The molecule has 29 heavy (non-hydrogen) atoms. The Morgan fingerprint density at radius 1 is 1.10 bits per heavy atom. The lowest BCUT2D eigenvalue weighted by Crippen LogP contribution is -2.33. The number of carbonyl (C=O) groups excluding carboxylic acids is 2. The van der Waals surface area contributed by atoms with Gasteiger partial charge in [-0.15, -0.1) is 0 Å². The molecule has 1 aromatic heterocycles. The van der Waals surface area contributed by atoms with Crippen molar-refractivity contribution in [3.8, 4) is 0 Å². The van der Waals surface area contributed by atoms with Crippen LogP contribution in [0.1, 0.15) is 43.4 Å². The van der Waals surface area contributed by atoms with Crippen LogP contribution in [0.15, 0.2) is 52.5 Å². The maximum Gasteiger partial charge on any atom is 0.295 e. The van der Waals surface area contributed by atoms with Gasteiger partial charge in [0, 0.05) is 12.1 Å². The Morgan fingerprint density at radius 3 is 2.38 bits per heavy atom. The van der Waals surface area contributed by atoms with Crippen LogP contribution >= 0.6 is 0 Å². The average molecular weight is 396 g/mol. The molecule has 0 aliphatic carbocycles. The summed E-state index contributed by atoms with van der Waals surface area (Å²) in [6.07, 6.45) is 0.732. The second-order valence-corrected chi connectivity index (χ2v) is 7.19. The first-order valence-electron chi connectivity index (χ1n) is 10.1. The van der Waals surface area contributed by atoms with E-state index in [1.54, 1.807) is 36.4 Å². The molecule has 6 heteroatoms. The van der Waals surface area contributed by atoms with Crippen molar-refractivity contribution in [3.63, 3.8) is 0 Å². The summed E-state index contributed by atoms with van der Waals surface area (Å²) in [4.78, 5) is 29.5.